The van der Waals surface area contributed by atoms with Crippen LogP contribution in [0.4, 0.5) is 5.69 Å². The largest absolute Gasteiger partial charge is 0.478 e. The Balaban J connectivity index is 2.11. The van der Waals surface area contributed by atoms with Crippen molar-refractivity contribution in [3.8, 4) is 0 Å². The molecule has 0 atom stereocenters. The Hall–Kier alpha value is -2.70. The second-order valence-electron chi connectivity index (χ2n) is 3.98. The van der Waals surface area contributed by atoms with Crippen LogP contribution in [-0.4, -0.2) is 31.7 Å². The van der Waals surface area contributed by atoms with E-state index in [-0.39, 0.29) is 18.0 Å². The molecule has 0 aliphatic heterocycles. The number of anilines is 1. The monoisotopic (exact) mass is 260 g/mol. The van der Waals surface area contributed by atoms with Gasteiger partial charge in [-0.05, 0) is 24.6 Å². The van der Waals surface area contributed by atoms with Crippen LogP contribution in [0.5, 0.6) is 0 Å². The van der Waals surface area contributed by atoms with Gasteiger partial charge in [0.2, 0.25) is 5.91 Å². The lowest BCUT2D eigenvalue weighted by atomic mass is 10.1. The van der Waals surface area contributed by atoms with Crippen LogP contribution in [0.1, 0.15) is 15.9 Å². The smallest absolute Gasteiger partial charge is 0.335 e. The Bertz CT molecular complexity index is 607. The minimum absolute atomic E-state index is 0.0245. The molecule has 7 nitrogen and oxygen atoms in total. The van der Waals surface area contributed by atoms with Crippen LogP contribution in [0.25, 0.3) is 0 Å². The maximum Gasteiger partial charge on any atom is 0.335 e. The molecule has 1 aromatic carbocycles. The number of aromatic nitrogens is 3. The first-order chi connectivity index (χ1) is 9.06. The number of hydrogen-bond acceptors (Lipinski definition) is 4. The van der Waals surface area contributed by atoms with Crippen molar-refractivity contribution in [3.63, 3.8) is 0 Å². The van der Waals surface area contributed by atoms with Crippen LogP contribution in [0.15, 0.2) is 30.9 Å². The lowest BCUT2D eigenvalue weighted by Gasteiger charge is -2.09. The van der Waals surface area contributed by atoms with Crippen molar-refractivity contribution in [1.82, 2.24) is 14.8 Å². The zero-order chi connectivity index (χ0) is 13.8. The second-order valence-corrected chi connectivity index (χ2v) is 3.98. The number of carboxylic acid groups (broad SMARTS) is 1. The fourth-order valence-corrected chi connectivity index (χ4v) is 1.54. The van der Waals surface area contributed by atoms with E-state index in [1.165, 1.54) is 29.5 Å². The Kier molecular flexibility index (Phi) is 3.56. The summed E-state index contributed by atoms with van der Waals surface area (Å²) in [4.78, 5) is 26.4. The zero-order valence-corrected chi connectivity index (χ0v) is 10.2. The van der Waals surface area contributed by atoms with Gasteiger partial charge in [-0.25, -0.2) is 14.5 Å². The average molecular weight is 260 g/mol. The highest BCUT2D eigenvalue weighted by Crippen LogP contribution is 2.17. The van der Waals surface area contributed by atoms with E-state index >= 15 is 0 Å². The predicted molar refractivity (Wildman–Crippen MR) is 66.8 cm³/mol. The maximum absolute atomic E-state index is 11.8. The number of carbonyl (C=O) groups excluding carboxylic acids is 1. The fourth-order valence-electron chi connectivity index (χ4n) is 1.54. The van der Waals surface area contributed by atoms with E-state index in [0.29, 0.717) is 5.69 Å². The number of carboxylic acids is 1. The molecule has 2 aromatic rings. The van der Waals surface area contributed by atoms with Gasteiger partial charge in [-0.2, -0.15) is 5.10 Å². The molecule has 98 valence electrons. The van der Waals surface area contributed by atoms with E-state index < -0.39 is 5.97 Å². The van der Waals surface area contributed by atoms with Crippen LogP contribution in [-0.2, 0) is 11.3 Å². The average Bonchev–Trinajstić information content (AvgIpc) is 2.84. The Morgan fingerprint density at radius 2 is 2.21 bits per heavy atom. The van der Waals surface area contributed by atoms with Gasteiger partial charge in [0.15, 0.2) is 0 Å². The minimum Gasteiger partial charge on any atom is -0.478 e. The lowest BCUT2D eigenvalue weighted by molar-refractivity contribution is -0.116. The quantitative estimate of drug-likeness (QED) is 0.852. The Morgan fingerprint density at radius 1 is 1.42 bits per heavy atom. The number of benzene rings is 1. The summed E-state index contributed by atoms with van der Waals surface area (Å²) >= 11 is 0. The highest BCUT2D eigenvalue weighted by molar-refractivity contribution is 5.94. The predicted octanol–water partition coefficient (Wildman–Crippen LogP) is 0.923. The number of amides is 1. The topological polar surface area (TPSA) is 97.1 Å². The molecule has 0 aliphatic carbocycles. The molecule has 2 rings (SSSR count). The van der Waals surface area contributed by atoms with Crippen molar-refractivity contribution >= 4 is 17.6 Å². The third-order valence-electron chi connectivity index (χ3n) is 2.53. The summed E-state index contributed by atoms with van der Waals surface area (Å²) in [5, 5.41) is 15.4. The van der Waals surface area contributed by atoms with Gasteiger partial charge in [-0.3, -0.25) is 4.79 Å². The molecule has 0 unspecified atom stereocenters. The number of rotatable bonds is 4. The standard InChI is InChI=1S/C12H12N4O3/c1-8-2-3-9(12(18)19)4-10(8)15-11(17)5-16-7-13-6-14-16/h2-4,6-7H,5H2,1H3,(H,15,17)(H,18,19). The summed E-state index contributed by atoms with van der Waals surface area (Å²) in [6, 6.07) is 4.57. The van der Waals surface area contributed by atoms with Crippen molar-refractivity contribution in [2.45, 2.75) is 13.5 Å². The summed E-state index contributed by atoms with van der Waals surface area (Å²) in [7, 11) is 0. The number of aryl methyl sites for hydroxylation is 1. The molecule has 0 fully saturated rings. The molecule has 2 N–H and O–H groups in total. The molecule has 1 amide bonds. The summed E-state index contributed by atoms with van der Waals surface area (Å²) in [5.74, 6) is -1.33. The van der Waals surface area contributed by atoms with Gasteiger partial charge in [-0.1, -0.05) is 6.07 Å². The van der Waals surface area contributed by atoms with E-state index in [2.05, 4.69) is 15.4 Å². The van der Waals surface area contributed by atoms with Gasteiger partial charge in [-0.15, -0.1) is 0 Å². The molecule has 19 heavy (non-hydrogen) atoms. The first kappa shape index (κ1) is 12.7. The number of aromatic carboxylic acids is 1. The molecule has 0 radical (unpaired) electrons. The van der Waals surface area contributed by atoms with E-state index in [0.717, 1.165) is 5.56 Å². The van der Waals surface area contributed by atoms with E-state index in [9.17, 15) is 9.59 Å². The maximum atomic E-state index is 11.8. The van der Waals surface area contributed by atoms with Gasteiger partial charge in [0.25, 0.3) is 0 Å². The van der Waals surface area contributed by atoms with Crippen LogP contribution in [0.2, 0.25) is 0 Å². The van der Waals surface area contributed by atoms with Crippen LogP contribution in [0.3, 0.4) is 0 Å². The van der Waals surface area contributed by atoms with Gasteiger partial charge in [0, 0.05) is 5.69 Å². The van der Waals surface area contributed by atoms with Crippen LogP contribution < -0.4 is 5.32 Å². The molecule has 7 heteroatoms. The minimum atomic E-state index is -1.04. The van der Waals surface area contributed by atoms with Gasteiger partial charge < -0.3 is 10.4 Å². The molecule has 0 saturated heterocycles. The first-order valence-electron chi connectivity index (χ1n) is 5.52. The molecular weight excluding hydrogens is 248 g/mol. The Labute approximate surface area is 108 Å². The van der Waals surface area contributed by atoms with Crippen molar-refractivity contribution in [2.24, 2.45) is 0 Å². The third kappa shape index (κ3) is 3.15. The number of nitrogens with one attached hydrogen (secondary N) is 1. The van der Waals surface area contributed by atoms with E-state index in [1.807, 2.05) is 0 Å². The lowest BCUT2D eigenvalue weighted by Crippen LogP contribution is -2.19. The number of hydrogen-bond donors (Lipinski definition) is 2. The van der Waals surface area contributed by atoms with Gasteiger partial charge in [0.1, 0.15) is 19.2 Å². The summed E-state index contributed by atoms with van der Waals surface area (Å²) in [6.45, 7) is 1.81. The second kappa shape index (κ2) is 5.30. The molecule has 1 heterocycles. The molecule has 1 aromatic heterocycles. The first-order valence-corrected chi connectivity index (χ1v) is 5.52. The van der Waals surface area contributed by atoms with E-state index in [1.54, 1.807) is 13.0 Å². The van der Waals surface area contributed by atoms with E-state index in [4.69, 9.17) is 5.11 Å². The molecule has 0 spiro atoms. The molecule has 0 bridgehead atoms. The molecule has 0 aliphatic rings. The van der Waals surface area contributed by atoms with Crippen molar-refractivity contribution in [3.05, 3.63) is 42.0 Å². The highest BCUT2D eigenvalue weighted by atomic mass is 16.4. The summed E-state index contributed by atoms with van der Waals surface area (Å²) in [6.07, 6.45) is 2.77. The summed E-state index contributed by atoms with van der Waals surface area (Å²) in [5.41, 5.74) is 1.39. The van der Waals surface area contributed by atoms with Crippen LogP contribution >= 0.6 is 0 Å². The highest BCUT2D eigenvalue weighted by Gasteiger charge is 2.09. The molecule has 0 saturated carbocycles. The Morgan fingerprint density at radius 3 is 2.84 bits per heavy atom. The normalized spacial score (nSPS) is 10.2. The summed E-state index contributed by atoms with van der Waals surface area (Å²) < 4.78 is 1.38. The van der Waals surface area contributed by atoms with Crippen molar-refractivity contribution < 1.29 is 14.7 Å². The zero-order valence-electron chi connectivity index (χ0n) is 10.2. The fraction of sp³-hybridized carbons (Fsp3) is 0.167. The van der Waals surface area contributed by atoms with Gasteiger partial charge >= 0.3 is 5.97 Å². The SMILES string of the molecule is Cc1ccc(C(=O)O)cc1NC(=O)Cn1cncn1. The molecular formula is C12H12N4O3. The number of carbonyl (C=O) groups is 2. The van der Waals surface area contributed by atoms with Gasteiger partial charge in [0.05, 0.1) is 5.56 Å². The van der Waals surface area contributed by atoms with Crippen molar-refractivity contribution in [2.75, 3.05) is 5.32 Å². The van der Waals surface area contributed by atoms with Crippen LogP contribution in [0, 0.1) is 6.92 Å². The van der Waals surface area contributed by atoms with Crippen molar-refractivity contribution in [1.29, 1.82) is 0 Å². The number of nitrogens with zero attached hydrogens (tertiary/aromatic N) is 3. The third-order valence-corrected chi connectivity index (χ3v) is 2.53.